The van der Waals surface area contributed by atoms with Crippen LogP contribution >= 0.6 is 11.3 Å². The van der Waals surface area contributed by atoms with E-state index in [2.05, 4.69) is 4.98 Å². The summed E-state index contributed by atoms with van der Waals surface area (Å²) in [6.45, 7) is 1.79. The van der Waals surface area contributed by atoms with Gasteiger partial charge < -0.3 is 9.47 Å². The standard InChI is InChI=1S/C19H16N2O5S/c1-12-17(27-18(20-12)14-5-9-16(25-2)10-6-14)19(22)26-11-13-3-7-15(8-4-13)21(23)24/h3-10H,11H2,1-2H3. The normalized spacial score (nSPS) is 10.4. The fourth-order valence-corrected chi connectivity index (χ4v) is 3.34. The molecule has 7 nitrogen and oxygen atoms in total. The Labute approximate surface area is 159 Å². The molecule has 0 fully saturated rings. The molecule has 0 unspecified atom stereocenters. The van der Waals surface area contributed by atoms with E-state index in [4.69, 9.17) is 9.47 Å². The van der Waals surface area contributed by atoms with Crippen LogP contribution in [-0.2, 0) is 11.3 Å². The number of thiazole rings is 1. The van der Waals surface area contributed by atoms with Crippen molar-refractivity contribution < 1.29 is 19.2 Å². The van der Waals surface area contributed by atoms with Gasteiger partial charge in [-0.3, -0.25) is 10.1 Å². The lowest BCUT2D eigenvalue weighted by Crippen LogP contribution is -2.04. The number of rotatable bonds is 6. The predicted octanol–water partition coefficient (Wildman–Crippen LogP) is 4.39. The molecule has 138 valence electrons. The second-order valence-corrected chi connectivity index (χ2v) is 6.66. The van der Waals surface area contributed by atoms with Gasteiger partial charge in [0.25, 0.3) is 5.69 Å². The molecule has 0 N–H and O–H groups in total. The maximum atomic E-state index is 12.4. The molecule has 8 heteroatoms. The maximum absolute atomic E-state index is 12.4. The minimum absolute atomic E-state index is 0.00693. The third kappa shape index (κ3) is 4.29. The highest BCUT2D eigenvalue weighted by atomic mass is 32.1. The third-order valence-electron chi connectivity index (χ3n) is 3.84. The van der Waals surface area contributed by atoms with Crippen molar-refractivity contribution in [2.75, 3.05) is 7.11 Å². The number of nitro benzene ring substituents is 1. The van der Waals surface area contributed by atoms with E-state index >= 15 is 0 Å². The van der Waals surface area contributed by atoms with Crippen LogP contribution in [0, 0.1) is 17.0 Å². The molecule has 0 spiro atoms. The lowest BCUT2D eigenvalue weighted by molar-refractivity contribution is -0.384. The Balaban J connectivity index is 1.69. The fourth-order valence-electron chi connectivity index (χ4n) is 2.37. The number of hydrogen-bond donors (Lipinski definition) is 0. The number of carbonyl (C=O) groups excluding carboxylic acids is 1. The van der Waals surface area contributed by atoms with E-state index in [-0.39, 0.29) is 12.3 Å². The van der Waals surface area contributed by atoms with Crippen molar-refractivity contribution in [2.24, 2.45) is 0 Å². The van der Waals surface area contributed by atoms with Crippen LogP contribution < -0.4 is 4.74 Å². The quantitative estimate of drug-likeness (QED) is 0.355. The van der Waals surface area contributed by atoms with Gasteiger partial charge >= 0.3 is 5.97 Å². The second kappa shape index (κ2) is 7.96. The number of nitro groups is 1. The minimum atomic E-state index is -0.475. The molecule has 0 radical (unpaired) electrons. The number of aromatic nitrogens is 1. The Morgan fingerprint density at radius 1 is 1.15 bits per heavy atom. The summed E-state index contributed by atoms with van der Waals surface area (Å²) in [6.07, 6.45) is 0. The summed E-state index contributed by atoms with van der Waals surface area (Å²) in [6, 6.07) is 13.3. The lowest BCUT2D eigenvalue weighted by Gasteiger charge is -2.03. The smallest absolute Gasteiger partial charge is 0.350 e. The van der Waals surface area contributed by atoms with Crippen molar-refractivity contribution in [3.8, 4) is 16.3 Å². The first kappa shape index (κ1) is 18.5. The molecule has 0 aliphatic heterocycles. The molecule has 0 aliphatic carbocycles. The molecular weight excluding hydrogens is 368 g/mol. The van der Waals surface area contributed by atoms with Crippen molar-refractivity contribution in [3.05, 3.63) is 74.8 Å². The number of aryl methyl sites for hydroxylation is 1. The van der Waals surface area contributed by atoms with Crippen molar-refractivity contribution in [2.45, 2.75) is 13.5 Å². The van der Waals surface area contributed by atoms with Crippen LogP contribution in [0.15, 0.2) is 48.5 Å². The molecular formula is C19H16N2O5S. The van der Waals surface area contributed by atoms with Crippen LogP contribution in [0.3, 0.4) is 0 Å². The fraction of sp³-hybridized carbons (Fsp3) is 0.158. The summed E-state index contributed by atoms with van der Waals surface area (Å²) < 4.78 is 10.5. The van der Waals surface area contributed by atoms with Gasteiger partial charge in [0.1, 0.15) is 22.2 Å². The average molecular weight is 384 g/mol. The van der Waals surface area contributed by atoms with Crippen LogP contribution in [0.2, 0.25) is 0 Å². The van der Waals surface area contributed by atoms with Crippen LogP contribution in [0.25, 0.3) is 10.6 Å². The highest BCUT2D eigenvalue weighted by Gasteiger charge is 2.18. The van der Waals surface area contributed by atoms with Gasteiger partial charge in [0.05, 0.1) is 17.7 Å². The van der Waals surface area contributed by atoms with Crippen LogP contribution in [0.5, 0.6) is 5.75 Å². The highest BCUT2D eigenvalue weighted by Crippen LogP contribution is 2.29. The Morgan fingerprint density at radius 3 is 2.41 bits per heavy atom. The SMILES string of the molecule is COc1ccc(-c2nc(C)c(C(=O)OCc3ccc([N+](=O)[O-])cc3)s2)cc1. The van der Waals surface area contributed by atoms with Gasteiger partial charge in [-0.25, -0.2) is 9.78 Å². The van der Waals surface area contributed by atoms with Gasteiger partial charge in [0.15, 0.2) is 0 Å². The Hall–Kier alpha value is -3.26. The van der Waals surface area contributed by atoms with Crippen molar-refractivity contribution in [1.82, 2.24) is 4.98 Å². The third-order valence-corrected chi connectivity index (χ3v) is 5.02. The highest BCUT2D eigenvalue weighted by molar-refractivity contribution is 7.17. The maximum Gasteiger partial charge on any atom is 0.350 e. The number of hydrogen-bond acceptors (Lipinski definition) is 7. The molecule has 1 heterocycles. The molecule has 0 aliphatic rings. The van der Waals surface area contributed by atoms with Crippen molar-refractivity contribution in [1.29, 1.82) is 0 Å². The van der Waals surface area contributed by atoms with Gasteiger partial charge in [-0.1, -0.05) is 0 Å². The first-order valence-corrected chi connectivity index (χ1v) is 8.82. The summed E-state index contributed by atoms with van der Waals surface area (Å²) in [5, 5.41) is 11.4. The minimum Gasteiger partial charge on any atom is -0.497 e. The average Bonchev–Trinajstić information content (AvgIpc) is 3.08. The van der Waals surface area contributed by atoms with Crippen molar-refractivity contribution >= 4 is 23.0 Å². The number of benzene rings is 2. The van der Waals surface area contributed by atoms with E-state index in [1.54, 1.807) is 26.2 Å². The second-order valence-electron chi connectivity index (χ2n) is 5.66. The molecule has 0 amide bonds. The summed E-state index contributed by atoms with van der Waals surface area (Å²) in [4.78, 5) is 27.4. The number of nitrogens with zero attached hydrogens (tertiary/aromatic N) is 2. The summed E-state index contributed by atoms with van der Waals surface area (Å²) in [7, 11) is 1.60. The number of esters is 1. The van der Waals surface area contributed by atoms with E-state index < -0.39 is 10.9 Å². The van der Waals surface area contributed by atoms with Crippen LogP contribution in [-0.4, -0.2) is 23.0 Å². The van der Waals surface area contributed by atoms with Gasteiger partial charge in [-0.15, -0.1) is 11.3 Å². The monoisotopic (exact) mass is 384 g/mol. The van der Waals surface area contributed by atoms with E-state index in [0.29, 0.717) is 16.1 Å². The summed E-state index contributed by atoms with van der Waals surface area (Å²) >= 11 is 1.26. The van der Waals surface area contributed by atoms with Crippen LogP contribution in [0.4, 0.5) is 5.69 Å². The molecule has 2 aromatic carbocycles. The summed E-state index contributed by atoms with van der Waals surface area (Å²) in [5.74, 6) is 0.276. The zero-order chi connectivity index (χ0) is 19.4. The van der Waals surface area contributed by atoms with Gasteiger partial charge in [-0.05, 0) is 48.9 Å². The first-order valence-electron chi connectivity index (χ1n) is 8.00. The largest absolute Gasteiger partial charge is 0.497 e. The van der Waals surface area contributed by atoms with E-state index in [1.165, 1.54) is 23.5 Å². The number of non-ortho nitro benzene ring substituents is 1. The van der Waals surface area contributed by atoms with Crippen LogP contribution in [0.1, 0.15) is 20.9 Å². The van der Waals surface area contributed by atoms with E-state index in [0.717, 1.165) is 16.3 Å². The first-order chi connectivity index (χ1) is 13.0. The summed E-state index contributed by atoms with van der Waals surface area (Å²) in [5.41, 5.74) is 2.15. The predicted molar refractivity (Wildman–Crippen MR) is 101 cm³/mol. The number of methoxy groups -OCH3 is 1. The lowest BCUT2D eigenvalue weighted by atomic mass is 10.2. The number of ether oxygens (including phenoxy) is 2. The van der Waals surface area contributed by atoms with Gasteiger partial charge in [0.2, 0.25) is 0 Å². The van der Waals surface area contributed by atoms with Gasteiger partial charge in [-0.2, -0.15) is 0 Å². The van der Waals surface area contributed by atoms with E-state index in [9.17, 15) is 14.9 Å². The Kier molecular flexibility index (Phi) is 5.46. The molecule has 27 heavy (non-hydrogen) atoms. The molecule has 0 atom stereocenters. The number of carbonyl (C=O) groups is 1. The zero-order valence-electron chi connectivity index (χ0n) is 14.7. The Bertz CT molecular complexity index is 965. The molecule has 3 rings (SSSR count). The molecule has 0 saturated heterocycles. The molecule has 1 aromatic heterocycles. The molecule has 3 aromatic rings. The van der Waals surface area contributed by atoms with Gasteiger partial charge in [0, 0.05) is 17.7 Å². The Morgan fingerprint density at radius 2 is 1.81 bits per heavy atom. The molecule has 0 saturated carbocycles. The zero-order valence-corrected chi connectivity index (χ0v) is 15.5. The van der Waals surface area contributed by atoms with Crippen molar-refractivity contribution in [3.63, 3.8) is 0 Å². The van der Waals surface area contributed by atoms with E-state index in [1.807, 2.05) is 24.3 Å². The topological polar surface area (TPSA) is 91.6 Å². The molecule has 0 bridgehead atoms.